The van der Waals surface area contributed by atoms with Crippen LogP contribution in [0.15, 0.2) is 65.6 Å². The van der Waals surface area contributed by atoms with Crippen molar-refractivity contribution in [1.82, 2.24) is 5.32 Å². The van der Waals surface area contributed by atoms with Crippen LogP contribution in [0.2, 0.25) is 0 Å². The lowest BCUT2D eigenvalue weighted by Gasteiger charge is -2.40. The number of nitrogens with two attached hydrogens (primary N) is 1. The van der Waals surface area contributed by atoms with Gasteiger partial charge in [-0.3, -0.25) is 4.79 Å². The van der Waals surface area contributed by atoms with Crippen molar-refractivity contribution in [2.24, 2.45) is 11.1 Å². The Balaban J connectivity index is 1.93. The predicted molar refractivity (Wildman–Crippen MR) is 107 cm³/mol. The SMILES string of the molecule is CC1(C)CC(=O)C2=C(C1)NC(N)=C(c1ccc(F)cc1)C2c1cccc(O)c1. The van der Waals surface area contributed by atoms with Crippen molar-refractivity contribution in [1.29, 1.82) is 0 Å². The summed E-state index contributed by atoms with van der Waals surface area (Å²) in [6.45, 7) is 4.13. The highest BCUT2D eigenvalue weighted by Gasteiger charge is 2.41. The van der Waals surface area contributed by atoms with E-state index in [9.17, 15) is 14.3 Å². The Morgan fingerprint density at radius 1 is 1.11 bits per heavy atom. The van der Waals surface area contributed by atoms with Crippen LogP contribution in [0.4, 0.5) is 4.39 Å². The minimum atomic E-state index is -0.419. The normalized spacial score (nSPS) is 21.4. The first-order valence-corrected chi connectivity index (χ1v) is 9.33. The highest BCUT2D eigenvalue weighted by Crippen LogP contribution is 2.49. The molecular formula is C23H23FN2O2. The molecule has 0 bridgehead atoms. The van der Waals surface area contributed by atoms with Crippen LogP contribution in [0.1, 0.15) is 43.7 Å². The summed E-state index contributed by atoms with van der Waals surface area (Å²) in [6, 6.07) is 13.0. The van der Waals surface area contributed by atoms with Crippen molar-refractivity contribution in [2.45, 2.75) is 32.6 Å². The molecule has 0 saturated heterocycles. The summed E-state index contributed by atoms with van der Waals surface area (Å²) in [5, 5.41) is 13.3. The van der Waals surface area contributed by atoms with Gasteiger partial charge in [-0.05, 0) is 47.2 Å². The molecule has 2 aromatic rings. The Kier molecular flexibility index (Phi) is 4.26. The van der Waals surface area contributed by atoms with Gasteiger partial charge in [-0.25, -0.2) is 4.39 Å². The molecule has 4 nitrogen and oxygen atoms in total. The number of phenolic OH excluding ortho intramolecular Hbond substituents is 1. The summed E-state index contributed by atoms with van der Waals surface area (Å²) >= 11 is 0. The van der Waals surface area contributed by atoms with Crippen LogP contribution in [-0.2, 0) is 4.79 Å². The van der Waals surface area contributed by atoms with Crippen LogP contribution in [0.25, 0.3) is 5.57 Å². The number of allylic oxidation sites excluding steroid dienone is 3. The summed E-state index contributed by atoms with van der Waals surface area (Å²) in [5.41, 5.74) is 10.0. The van der Waals surface area contributed by atoms with Gasteiger partial charge in [0.1, 0.15) is 17.4 Å². The van der Waals surface area contributed by atoms with Gasteiger partial charge in [0.2, 0.25) is 0 Å². The number of halogens is 1. The van der Waals surface area contributed by atoms with Gasteiger partial charge in [0.05, 0.1) is 0 Å². The van der Waals surface area contributed by atoms with Crippen molar-refractivity contribution in [3.63, 3.8) is 0 Å². The third-order valence-electron chi connectivity index (χ3n) is 5.43. The highest BCUT2D eigenvalue weighted by atomic mass is 19.1. The third kappa shape index (κ3) is 3.17. The van der Waals surface area contributed by atoms with Crippen LogP contribution < -0.4 is 11.1 Å². The van der Waals surface area contributed by atoms with E-state index in [1.54, 1.807) is 30.3 Å². The number of aromatic hydroxyl groups is 1. The summed E-state index contributed by atoms with van der Waals surface area (Å²) in [6.07, 6.45) is 1.15. The fourth-order valence-electron chi connectivity index (χ4n) is 4.30. The summed E-state index contributed by atoms with van der Waals surface area (Å²) in [5.74, 6) is -0.115. The molecule has 5 heteroatoms. The number of hydrogen-bond donors (Lipinski definition) is 3. The number of ketones is 1. The van der Waals surface area contributed by atoms with Crippen LogP contribution in [0.5, 0.6) is 5.75 Å². The Labute approximate surface area is 163 Å². The monoisotopic (exact) mass is 378 g/mol. The van der Waals surface area contributed by atoms with Gasteiger partial charge in [-0.1, -0.05) is 38.1 Å². The lowest BCUT2D eigenvalue weighted by molar-refractivity contribution is -0.118. The molecule has 1 aliphatic carbocycles. The number of carbonyl (C=O) groups excluding carboxylic acids is 1. The number of carbonyl (C=O) groups is 1. The standard InChI is InChI=1S/C23H23FN2O2/c1-23(2)11-17-21(18(28)12-23)19(14-4-3-5-16(27)10-14)20(22(25)26-17)13-6-8-15(24)9-7-13/h3-10,19,26-27H,11-12,25H2,1-2H3. The minimum Gasteiger partial charge on any atom is -0.508 e. The van der Waals surface area contributed by atoms with E-state index in [4.69, 9.17) is 5.73 Å². The zero-order valence-corrected chi connectivity index (χ0v) is 15.9. The molecule has 1 heterocycles. The van der Waals surface area contributed by atoms with E-state index in [-0.39, 0.29) is 22.8 Å². The number of nitrogens with one attached hydrogen (secondary N) is 1. The van der Waals surface area contributed by atoms with Crippen LogP contribution >= 0.6 is 0 Å². The molecule has 0 fully saturated rings. The van der Waals surface area contributed by atoms with E-state index >= 15 is 0 Å². The molecule has 1 unspecified atom stereocenters. The Hall–Kier alpha value is -3.08. The van der Waals surface area contributed by atoms with Crippen LogP contribution in [-0.4, -0.2) is 10.9 Å². The third-order valence-corrected chi connectivity index (χ3v) is 5.43. The van der Waals surface area contributed by atoms with Gasteiger partial charge in [-0.2, -0.15) is 0 Å². The molecule has 1 atom stereocenters. The molecule has 2 aromatic carbocycles. The first-order valence-electron chi connectivity index (χ1n) is 9.33. The molecule has 1 aliphatic heterocycles. The molecule has 2 aliphatic rings. The van der Waals surface area contributed by atoms with Crippen molar-refractivity contribution in [3.05, 3.63) is 82.6 Å². The van der Waals surface area contributed by atoms with Crippen molar-refractivity contribution in [3.8, 4) is 5.75 Å². The lowest BCUT2D eigenvalue weighted by atomic mass is 9.68. The molecule has 0 radical (unpaired) electrons. The van der Waals surface area contributed by atoms with Gasteiger partial charge in [-0.15, -0.1) is 0 Å². The van der Waals surface area contributed by atoms with Gasteiger partial charge < -0.3 is 16.2 Å². The highest BCUT2D eigenvalue weighted by molar-refractivity contribution is 6.03. The second-order valence-corrected chi connectivity index (χ2v) is 8.32. The van der Waals surface area contributed by atoms with Gasteiger partial charge in [0.15, 0.2) is 5.78 Å². The molecule has 4 N–H and O–H groups in total. The summed E-state index contributed by atoms with van der Waals surface area (Å²) in [7, 11) is 0. The molecule has 28 heavy (non-hydrogen) atoms. The maximum Gasteiger partial charge on any atom is 0.162 e. The Bertz CT molecular complexity index is 1020. The molecule has 0 aromatic heterocycles. The molecular weight excluding hydrogens is 355 g/mol. The van der Waals surface area contributed by atoms with E-state index in [0.29, 0.717) is 24.2 Å². The van der Waals surface area contributed by atoms with Gasteiger partial charge in [0.25, 0.3) is 0 Å². The topological polar surface area (TPSA) is 75.4 Å². The van der Waals surface area contributed by atoms with Gasteiger partial charge in [0, 0.05) is 29.2 Å². The summed E-state index contributed by atoms with van der Waals surface area (Å²) in [4.78, 5) is 13.2. The molecule has 0 amide bonds. The maximum atomic E-state index is 13.5. The van der Waals surface area contributed by atoms with Crippen LogP contribution in [0.3, 0.4) is 0 Å². The summed E-state index contributed by atoms with van der Waals surface area (Å²) < 4.78 is 13.5. The first-order chi connectivity index (χ1) is 13.2. The van der Waals surface area contributed by atoms with Crippen molar-refractivity contribution >= 4 is 11.4 Å². The molecule has 144 valence electrons. The zero-order valence-electron chi connectivity index (χ0n) is 15.9. The van der Waals surface area contributed by atoms with Crippen molar-refractivity contribution in [2.75, 3.05) is 0 Å². The second kappa shape index (κ2) is 6.51. The zero-order chi connectivity index (χ0) is 20.1. The predicted octanol–water partition coefficient (Wildman–Crippen LogP) is 4.19. The average molecular weight is 378 g/mol. The minimum absolute atomic E-state index is 0.0687. The van der Waals surface area contributed by atoms with Crippen LogP contribution in [0, 0.1) is 11.2 Å². The fraction of sp³-hybridized carbons (Fsp3) is 0.261. The smallest absolute Gasteiger partial charge is 0.162 e. The van der Waals surface area contributed by atoms with E-state index < -0.39 is 5.92 Å². The van der Waals surface area contributed by atoms with E-state index in [0.717, 1.165) is 22.4 Å². The number of hydrogen-bond acceptors (Lipinski definition) is 4. The fourth-order valence-corrected chi connectivity index (χ4v) is 4.30. The Morgan fingerprint density at radius 3 is 2.50 bits per heavy atom. The number of dihydropyridines is 1. The number of benzene rings is 2. The average Bonchev–Trinajstić information content (AvgIpc) is 2.60. The number of Topliss-reactive ketones (excluding diaryl/α,β-unsaturated/α-hetero) is 1. The van der Waals surface area contributed by atoms with E-state index in [1.807, 2.05) is 6.07 Å². The number of rotatable bonds is 2. The number of phenols is 1. The van der Waals surface area contributed by atoms with Crippen molar-refractivity contribution < 1.29 is 14.3 Å². The molecule has 4 rings (SSSR count). The maximum absolute atomic E-state index is 13.5. The Morgan fingerprint density at radius 2 is 1.82 bits per heavy atom. The quantitative estimate of drug-likeness (QED) is 0.732. The molecule has 0 saturated carbocycles. The van der Waals surface area contributed by atoms with E-state index in [1.165, 1.54) is 12.1 Å². The first kappa shape index (κ1) is 18.3. The molecule has 0 spiro atoms. The van der Waals surface area contributed by atoms with Gasteiger partial charge >= 0.3 is 0 Å². The largest absolute Gasteiger partial charge is 0.508 e. The lowest BCUT2D eigenvalue weighted by Crippen LogP contribution is -2.39. The second-order valence-electron chi connectivity index (χ2n) is 8.32. The van der Waals surface area contributed by atoms with E-state index in [2.05, 4.69) is 19.2 Å².